The first kappa shape index (κ1) is 37.6. The van der Waals surface area contributed by atoms with Crippen LogP contribution in [0.1, 0.15) is 87.6 Å². The van der Waals surface area contributed by atoms with E-state index in [1.54, 1.807) is 11.0 Å². The Labute approximate surface area is 325 Å². The number of alkyl halides is 3. The smallest absolute Gasteiger partial charge is 0.410 e. The van der Waals surface area contributed by atoms with Crippen molar-refractivity contribution in [3.8, 4) is 5.75 Å². The van der Waals surface area contributed by atoms with Gasteiger partial charge in [0.2, 0.25) is 0 Å². The van der Waals surface area contributed by atoms with Crippen molar-refractivity contribution in [3.05, 3.63) is 102 Å². The predicted octanol–water partition coefficient (Wildman–Crippen LogP) is 9.31. The van der Waals surface area contributed by atoms with Crippen LogP contribution in [0, 0.1) is 33.5 Å². The Hall–Kier alpha value is -3.99. The van der Waals surface area contributed by atoms with Crippen LogP contribution in [0.4, 0.5) is 18.0 Å². The third kappa shape index (κ3) is 5.56. The number of halogens is 3. The lowest BCUT2D eigenvalue weighted by molar-refractivity contribution is -0.175. The fraction of sp³-hybridized carbons (Fsp3) is 0.522. The summed E-state index contributed by atoms with van der Waals surface area (Å²) in [5, 5.41) is 26.0. The molecule has 1 heterocycles. The zero-order chi connectivity index (χ0) is 39.3. The summed E-state index contributed by atoms with van der Waals surface area (Å²) in [7, 11) is 0. The molecule has 3 aromatic carbocycles. The van der Waals surface area contributed by atoms with E-state index in [9.17, 15) is 33.0 Å². The molecule has 9 unspecified atom stereocenters. The van der Waals surface area contributed by atoms with Crippen LogP contribution in [0.25, 0.3) is 10.8 Å². The lowest BCUT2D eigenvalue weighted by Gasteiger charge is -2.71. The number of carbonyl (C=O) groups is 2. The quantitative estimate of drug-likeness (QED) is 0.184. The van der Waals surface area contributed by atoms with E-state index in [1.165, 1.54) is 12.1 Å². The first-order chi connectivity index (χ1) is 26.6. The Morgan fingerprint density at radius 3 is 2.41 bits per heavy atom. The maximum Gasteiger partial charge on any atom is 0.416 e. The van der Waals surface area contributed by atoms with Gasteiger partial charge in [0, 0.05) is 34.0 Å². The number of benzene rings is 3. The third-order valence-electron chi connectivity index (χ3n) is 15.5. The number of rotatable bonds is 7. The molecule has 0 radical (unpaired) electrons. The van der Waals surface area contributed by atoms with Crippen molar-refractivity contribution < 1.29 is 42.4 Å². The van der Waals surface area contributed by atoms with E-state index < -0.39 is 51.6 Å². The van der Waals surface area contributed by atoms with Gasteiger partial charge in [-0.05, 0) is 110 Å². The molecule has 6 aliphatic carbocycles. The highest BCUT2D eigenvalue weighted by atomic mass is 19.4. The van der Waals surface area contributed by atoms with Gasteiger partial charge in [0.25, 0.3) is 0 Å². The average molecular weight is 770 g/mol. The minimum Gasteiger partial charge on any atom is -0.410 e. The molecular weight excluding hydrogens is 720 g/mol. The molecule has 7 aliphatic rings. The van der Waals surface area contributed by atoms with Crippen molar-refractivity contribution >= 4 is 22.6 Å². The maximum absolute atomic E-state index is 14.9. The number of Topliss-reactive ketones (excluding diaryl/α,β-unsaturated/α-hetero) is 1. The number of hydrogen-bond donors (Lipinski definition) is 2. The van der Waals surface area contributed by atoms with E-state index in [0.717, 1.165) is 42.2 Å². The molecule has 3 saturated carbocycles. The van der Waals surface area contributed by atoms with Gasteiger partial charge in [0.05, 0.1) is 36.5 Å². The van der Waals surface area contributed by atoms with E-state index in [0.29, 0.717) is 56.5 Å². The molecule has 296 valence electrons. The van der Waals surface area contributed by atoms with Crippen LogP contribution in [0.2, 0.25) is 0 Å². The lowest BCUT2D eigenvalue weighted by atomic mass is 9.32. The summed E-state index contributed by atoms with van der Waals surface area (Å²) in [5.74, 6) is -0.326. The van der Waals surface area contributed by atoms with Crippen LogP contribution < -0.4 is 4.74 Å². The number of hydrogen-bond acceptors (Lipinski definition) is 6. The van der Waals surface area contributed by atoms with Gasteiger partial charge in [-0.2, -0.15) is 13.2 Å². The highest BCUT2D eigenvalue weighted by Gasteiger charge is 2.74. The van der Waals surface area contributed by atoms with E-state index >= 15 is 0 Å². The second-order valence-corrected chi connectivity index (χ2v) is 18.1. The van der Waals surface area contributed by atoms with Gasteiger partial charge in [-0.3, -0.25) is 4.79 Å². The number of fused-ring (bicyclic) bond motifs is 2. The Kier molecular flexibility index (Phi) is 8.73. The molecule has 4 fully saturated rings. The topological polar surface area (TPSA) is 96.3 Å². The minimum atomic E-state index is -4.61. The molecule has 2 spiro atoms. The number of amides is 1. The van der Waals surface area contributed by atoms with E-state index in [4.69, 9.17) is 9.47 Å². The first-order valence-electron chi connectivity index (χ1n) is 20.2. The molecule has 1 aliphatic heterocycles. The maximum atomic E-state index is 14.9. The van der Waals surface area contributed by atoms with E-state index in [2.05, 4.69) is 26.0 Å². The molecule has 10 rings (SSSR count). The van der Waals surface area contributed by atoms with Crippen molar-refractivity contribution in [2.45, 2.75) is 95.6 Å². The molecule has 56 heavy (non-hydrogen) atoms. The van der Waals surface area contributed by atoms with Gasteiger partial charge in [-0.1, -0.05) is 74.5 Å². The molecular formula is C46H50F3NO6. The number of ketones is 1. The third-order valence-corrected chi connectivity index (χ3v) is 15.5. The molecule has 1 saturated heterocycles. The molecule has 0 aromatic heterocycles. The summed E-state index contributed by atoms with van der Waals surface area (Å²) in [6.07, 6.45) is 6.09. The highest BCUT2D eigenvalue weighted by Crippen LogP contribution is 2.78. The predicted molar refractivity (Wildman–Crippen MR) is 205 cm³/mol. The highest BCUT2D eigenvalue weighted by molar-refractivity contribution is 6.10. The number of carbonyl (C=O) groups excluding carboxylic acids is 2. The van der Waals surface area contributed by atoms with Crippen molar-refractivity contribution in [1.29, 1.82) is 0 Å². The van der Waals surface area contributed by atoms with Crippen LogP contribution in [0.15, 0.2) is 90.5 Å². The van der Waals surface area contributed by atoms with Gasteiger partial charge >= 0.3 is 12.3 Å². The Balaban J connectivity index is 1.09. The summed E-state index contributed by atoms with van der Waals surface area (Å²) in [6, 6.07) is 18.0. The van der Waals surface area contributed by atoms with E-state index in [1.807, 2.05) is 42.5 Å². The Morgan fingerprint density at radius 1 is 0.893 bits per heavy atom. The summed E-state index contributed by atoms with van der Waals surface area (Å²) in [4.78, 5) is 30.6. The molecule has 7 nitrogen and oxygen atoms in total. The molecule has 10 heteroatoms. The Morgan fingerprint density at radius 2 is 1.64 bits per heavy atom. The Bertz CT molecular complexity index is 2140. The fourth-order valence-corrected chi connectivity index (χ4v) is 12.5. The number of ether oxygens (including phenoxy) is 2. The molecule has 9 atom stereocenters. The summed E-state index contributed by atoms with van der Waals surface area (Å²) < 4.78 is 53.9. The van der Waals surface area contributed by atoms with Crippen LogP contribution >= 0.6 is 0 Å². The van der Waals surface area contributed by atoms with Crippen molar-refractivity contribution in [3.63, 3.8) is 0 Å². The van der Waals surface area contributed by atoms with Crippen LogP contribution in [-0.4, -0.2) is 64.5 Å². The van der Waals surface area contributed by atoms with Crippen LogP contribution in [0.3, 0.4) is 0 Å². The molecule has 3 aromatic rings. The van der Waals surface area contributed by atoms with Gasteiger partial charge in [0.15, 0.2) is 5.78 Å². The number of aliphatic hydroxyl groups is 2. The van der Waals surface area contributed by atoms with Crippen molar-refractivity contribution in [2.75, 3.05) is 19.7 Å². The van der Waals surface area contributed by atoms with Gasteiger partial charge in [-0.25, -0.2) is 4.79 Å². The summed E-state index contributed by atoms with van der Waals surface area (Å²) >= 11 is 0. The van der Waals surface area contributed by atoms with Gasteiger partial charge in [-0.15, -0.1) is 0 Å². The van der Waals surface area contributed by atoms with E-state index in [-0.39, 0.29) is 42.0 Å². The molecule has 1 amide bonds. The van der Waals surface area contributed by atoms with Crippen molar-refractivity contribution in [2.24, 2.45) is 33.5 Å². The second kappa shape index (κ2) is 13.0. The normalized spacial score (nSPS) is 37.1. The first-order valence-corrected chi connectivity index (χ1v) is 20.2. The summed E-state index contributed by atoms with van der Waals surface area (Å²) in [6.45, 7) is 5.21. The fourth-order valence-electron chi connectivity index (χ4n) is 12.5. The van der Waals surface area contributed by atoms with Crippen LogP contribution in [0.5, 0.6) is 5.75 Å². The SMILES string of the molecule is CC12CCC(O)CC13C=CC1(C(C(=O)c4cccc(C(F)(F)F)c4)=C3)C2CCC2(C)C1CCC2(O)CN(CC1CCCO1)C(=O)Oc1ccc2ccccc2c1. The zero-order valence-corrected chi connectivity index (χ0v) is 32.0. The molecule has 2 N–H and O–H groups in total. The van der Waals surface area contributed by atoms with Crippen LogP contribution in [-0.2, 0) is 10.9 Å². The molecule has 2 bridgehead atoms. The number of nitrogens with zero attached hydrogens (tertiary/aromatic N) is 1. The number of allylic oxidation sites excluding steroid dienone is 4. The zero-order valence-electron chi connectivity index (χ0n) is 32.0. The minimum absolute atomic E-state index is 0.00472. The number of aliphatic hydroxyl groups excluding tert-OH is 1. The standard InChI is InChI=1S/C46H50F3NO6/c1-41-17-14-33(51)25-43(41)20-21-45(36(26-43)39(52)31-9-5-10-32(23-31)46(47,48)49)37(41)15-18-42(2)38(45)16-19-44(42,54)28-50(27-35-11-6-22-55-35)40(53)56-34-13-12-29-7-3-4-8-30(29)24-34/h3-5,7-10,12-13,20-21,23-24,26,33,35,37-38,51,54H,6,11,14-19,22,25,27-28H2,1-2H3. The second-order valence-electron chi connectivity index (χ2n) is 18.1. The average Bonchev–Trinajstić information content (AvgIpc) is 3.79. The monoisotopic (exact) mass is 769 g/mol. The van der Waals surface area contributed by atoms with Gasteiger partial charge in [0.1, 0.15) is 5.75 Å². The van der Waals surface area contributed by atoms with Gasteiger partial charge < -0.3 is 24.6 Å². The van der Waals surface area contributed by atoms with Crippen molar-refractivity contribution in [1.82, 2.24) is 4.90 Å². The summed E-state index contributed by atoms with van der Waals surface area (Å²) in [5.41, 5.74) is -4.37. The largest absolute Gasteiger partial charge is 0.416 e. The lowest BCUT2D eigenvalue weighted by Crippen LogP contribution is -2.67.